The summed E-state index contributed by atoms with van der Waals surface area (Å²) in [7, 11) is 2.01. The van der Waals surface area contributed by atoms with Crippen molar-refractivity contribution in [3.8, 4) is 0 Å². The molecule has 4 rings (SSSR count). The summed E-state index contributed by atoms with van der Waals surface area (Å²) in [5.74, 6) is 2.31. The van der Waals surface area contributed by atoms with Crippen LogP contribution in [0.4, 0.5) is 0 Å². The Bertz CT molecular complexity index is 942. The first-order valence-corrected chi connectivity index (χ1v) is 9.61. The molecule has 3 aromatic rings. The van der Waals surface area contributed by atoms with E-state index in [0.29, 0.717) is 12.5 Å². The van der Waals surface area contributed by atoms with Gasteiger partial charge in [-0.05, 0) is 56.8 Å². The fraction of sp³-hybridized carbons (Fsp3) is 0.474. The average Bonchev–Trinajstić information content (AvgIpc) is 3.20. The number of furan rings is 1. The highest BCUT2D eigenvalue weighted by molar-refractivity contribution is 7.18. The normalized spacial score (nSPS) is 18.6. The lowest BCUT2D eigenvalue weighted by atomic mass is 9.89. The van der Waals surface area contributed by atoms with Crippen LogP contribution in [0, 0.1) is 5.92 Å². The number of thiophene rings is 1. The Morgan fingerprint density at radius 2 is 2.36 bits per heavy atom. The van der Waals surface area contributed by atoms with Crippen molar-refractivity contribution < 1.29 is 4.42 Å². The summed E-state index contributed by atoms with van der Waals surface area (Å²) < 4.78 is 5.42. The van der Waals surface area contributed by atoms with Gasteiger partial charge in [0.05, 0.1) is 24.2 Å². The Morgan fingerprint density at radius 1 is 1.52 bits per heavy atom. The van der Waals surface area contributed by atoms with Gasteiger partial charge in [-0.25, -0.2) is 4.98 Å². The van der Waals surface area contributed by atoms with Gasteiger partial charge in [0.25, 0.3) is 5.56 Å². The second-order valence-corrected chi connectivity index (χ2v) is 8.24. The minimum Gasteiger partial charge on any atom is -0.468 e. The van der Waals surface area contributed by atoms with Crippen LogP contribution in [-0.4, -0.2) is 21.9 Å². The second-order valence-electron chi connectivity index (χ2n) is 7.15. The van der Waals surface area contributed by atoms with Gasteiger partial charge in [0.2, 0.25) is 0 Å². The summed E-state index contributed by atoms with van der Waals surface area (Å²) in [6.45, 7) is 5.01. The van der Waals surface area contributed by atoms with E-state index in [-0.39, 0.29) is 11.6 Å². The van der Waals surface area contributed by atoms with Crippen LogP contribution in [-0.2, 0) is 19.4 Å². The van der Waals surface area contributed by atoms with Gasteiger partial charge >= 0.3 is 0 Å². The van der Waals surface area contributed by atoms with Crippen molar-refractivity contribution in [1.29, 1.82) is 0 Å². The Labute approximate surface area is 150 Å². The SMILES string of the molecule is C[C@H]1CCc2c(sc3nc([C@@H](C)N(C)Cc4ccco4)[nH]c(=O)c23)C1. The van der Waals surface area contributed by atoms with Gasteiger partial charge in [-0.3, -0.25) is 9.69 Å². The third-order valence-electron chi connectivity index (χ3n) is 5.23. The molecule has 1 aliphatic carbocycles. The summed E-state index contributed by atoms with van der Waals surface area (Å²) >= 11 is 1.70. The molecule has 3 heterocycles. The third-order valence-corrected chi connectivity index (χ3v) is 6.37. The molecule has 0 saturated heterocycles. The van der Waals surface area contributed by atoms with Gasteiger partial charge in [-0.15, -0.1) is 11.3 Å². The first-order chi connectivity index (χ1) is 12.0. The number of hydrogen-bond acceptors (Lipinski definition) is 5. The molecule has 0 aliphatic heterocycles. The van der Waals surface area contributed by atoms with E-state index in [1.54, 1.807) is 17.6 Å². The molecule has 0 unspecified atom stereocenters. The zero-order valence-corrected chi connectivity index (χ0v) is 15.7. The molecule has 0 aromatic carbocycles. The lowest BCUT2D eigenvalue weighted by Gasteiger charge is -2.22. The van der Waals surface area contributed by atoms with Crippen molar-refractivity contribution in [1.82, 2.24) is 14.9 Å². The van der Waals surface area contributed by atoms with Crippen LogP contribution in [0.1, 0.15) is 48.3 Å². The van der Waals surface area contributed by atoms with Crippen molar-refractivity contribution >= 4 is 21.6 Å². The molecule has 0 amide bonds. The summed E-state index contributed by atoms with van der Waals surface area (Å²) in [6, 6.07) is 3.84. The third kappa shape index (κ3) is 3.04. The first kappa shape index (κ1) is 16.5. The van der Waals surface area contributed by atoms with Gasteiger partial charge in [0.1, 0.15) is 16.4 Å². The van der Waals surface area contributed by atoms with E-state index < -0.39 is 0 Å². The maximum absolute atomic E-state index is 12.7. The Kier molecular flexibility index (Phi) is 4.25. The van der Waals surface area contributed by atoms with Crippen molar-refractivity contribution in [2.45, 2.75) is 45.7 Å². The van der Waals surface area contributed by atoms with Crippen molar-refractivity contribution in [2.75, 3.05) is 7.05 Å². The number of hydrogen-bond donors (Lipinski definition) is 1. The first-order valence-electron chi connectivity index (χ1n) is 8.80. The monoisotopic (exact) mass is 357 g/mol. The highest BCUT2D eigenvalue weighted by Crippen LogP contribution is 2.36. The van der Waals surface area contributed by atoms with Crippen LogP contribution >= 0.6 is 11.3 Å². The Hall–Kier alpha value is -1.92. The quantitative estimate of drug-likeness (QED) is 0.769. The van der Waals surface area contributed by atoms with E-state index in [0.717, 1.165) is 41.1 Å². The molecule has 5 nitrogen and oxygen atoms in total. The van der Waals surface area contributed by atoms with Crippen LogP contribution in [0.5, 0.6) is 0 Å². The molecule has 1 aliphatic rings. The largest absolute Gasteiger partial charge is 0.468 e. The zero-order chi connectivity index (χ0) is 17.6. The van der Waals surface area contributed by atoms with E-state index in [1.807, 2.05) is 19.2 Å². The van der Waals surface area contributed by atoms with Crippen LogP contribution < -0.4 is 5.56 Å². The van der Waals surface area contributed by atoms with Gasteiger partial charge in [0.15, 0.2) is 0 Å². The summed E-state index contributed by atoms with van der Waals surface area (Å²) in [5, 5.41) is 0.816. The number of aryl methyl sites for hydroxylation is 1. The highest BCUT2D eigenvalue weighted by atomic mass is 32.1. The average molecular weight is 357 g/mol. The molecule has 3 aromatic heterocycles. The van der Waals surface area contributed by atoms with Crippen molar-refractivity contribution in [2.24, 2.45) is 5.92 Å². The summed E-state index contributed by atoms with van der Waals surface area (Å²) in [5.41, 5.74) is 1.24. The van der Waals surface area contributed by atoms with E-state index in [9.17, 15) is 4.79 Å². The number of nitrogens with one attached hydrogen (secondary N) is 1. The zero-order valence-electron chi connectivity index (χ0n) is 14.8. The van der Waals surface area contributed by atoms with Gasteiger partial charge < -0.3 is 9.40 Å². The molecule has 0 saturated carbocycles. The smallest absolute Gasteiger partial charge is 0.259 e. The molecule has 6 heteroatoms. The van der Waals surface area contributed by atoms with Crippen molar-refractivity contribution in [3.05, 3.63) is 50.8 Å². The van der Waals surface area contributed by atoms with Crippen molar-refractivity contribution in [3.63, 3.8) is 0 Å². The fourth-order valence-corrected chi connectivity index (χ4v) is 4.95. The number of nitrogens with zero attached hydrogens (tertiary/aromatic N) is 2. The molecule has 0 bridgehead atoms. The molecule has 132 valence electrons. The number of H-pyrrole nitrogens is 1. The van der Waals surface area contributed by atoms with Crippen LogP contribution in [0.15, 0.2) is 27.6 Å². The molecular formula is C19H23N3O2S. The highest BCUT2D eigenvalue weighted by Gasteiger charge is 2.24. The minimum absolute atomic E-state index is 0.000233. The minimum atomic E-state index is 0.000233. The molecular weight excluding hydrogens is 334 g/mol. The van der Waals surface area contributed by atoms with Gasteiger partial charge in [-0.2, -0.15) is 0 Å². The topological polar surface area (TPSA) is 62.1 Å². The van der Waals surface area contributed by atoms with E-state index in [1.165, 1.54) is 10.4 Å². The Balaban J connectivity index is 1.67. The van der Waals surface area contributed by atoms with Crippen LogP contribution in [0.3, 0.4) is 0 Å². The molecule has 0 fully saturated rings. The lowest BCUT2D eigenvalue weighted by Crippen LogP contribution is -2.25. The number of fused-ring (bicyclic) bond motifs is 3. The number of aromatic amines is 1. The molecule has 2 atom stereocenters. The molecule has 1 N–H and O–H groups in total. The summed E-state index contributed by atoms with van der Waals surface area (Å²) in [4.78, 5) is 24.9. The van der Waals surface area contributed by atoms with Crippen LogP contribution in [0.25, 0.3) is 10.2 Å². The second kappa shape index (κ2) is 6.42. The summed E-state index contributed by atoms with van der Waals surface area (Å²) in [6.07, 6.45) is 4.90. The molecule has 25 heavy (non-hydrogen) atoms. The maximum atomic E-state index is 12.7. The van der Waals surface area contributed by atoms with E-state index >= 15 is 0 Å². The Morgan fingerprint density at radius 3 is 3.12 bits per heavy atom. The predicted molar refractivity (Wildman–Crippen MR) is 100 cm³/mol. The maximum Gasteiger partial charge on any atom is 0.259 e. The predicted octanol–water partition coefficient (Wildman–Crippen LogP) is 3.90. The molecule has 0 radical (unpaired) electrons. The molecule has 0 spiro atoms. The fourth-order valence-electron chi connectivity index (χ4n) is 3.56. The van der Waals surface area contributed by atoms with E-state index in [4.69, 9.17) is 9.40 Å². The van der Waals surface area contributed by atoms with Gasteiger partial charge in [-0.1, -0.05) is 6.92 Å². The van der Waals surface area contributed by atoms with Gasteiger partial charge in [0, 0.05) is 4.88 Å². The standard InChI is InChI=1S/C19H23N3O2S/c1-11-6-7-14-15(9-11)25-19-16(14)18(23)20-17(21-19)12(2)22(3)10-13-5-4-8-24-13/h4-5,8,11-12H,6-7,9-10H2,1-3H3,(H,20,21,23)/t11-,12+/m0/s1. The van der Waals surface area contributed by atoms with E-state index in [2.05, 4.69) is 23.7 Å². The number of aromatic nitrogens is 2. The number of rotatable bonds is 4. The van der Waals surface area contributed by atoms with Crippen LogP contribution in [0.2, 0.25) is 0 Å². The lowest BCUT2D eigenvalue weighted by molar-refractivity contribution is 0.224.